The lowest BCUT2D eigenvalue weighted by molar-refractivity contribution is -0.131. The van der Waals surface area contributed by atoms with Gasteiger partial charge in [0.1, 0.15) is 0 Å². The zero-order chi connectivity index (χ0) is 18.8. The maximum atomic E-state index is 12.1. The highest BCUT2D eigenvalue weighted by Crippen LogP contribution is 2.18. The molecule has 1 amide bonds. The normalized spacial score (nSPS) is 14.8. The maximum absolute atomic E-state index is 12.1. The number of amides is 1. The summed E-state index contributed by atoms with van der Waals surface area (Å²) in [5.74, 6) is 0.0728. The van der Waals surface area contributed by atoms with E-state index >= 15 is 0 Å². The summed E-state index contributed by atoms with van der Waals surface area (Å²) < 4.78 is 0. The van der Waals surface area contributed by atoms with Crippen molar-refractivity contribution in [3.8, 4) is 6.19 Å². The van der Waals surface area contributed by atoms with Gasteiger partial charge in [-0.25, -0.2) is 5.01 Å². The van der Waals surface area contributed by atoms with Crippen molar-refractivity contribution in [3.05, 3.63) is 34.9 Å². The second kappa shape index (κ2) is 10.8. The molecular formula is C18H22ClN5OS. The van der Waals surface area contributed by atoms with Crippen molar-refractivity contribution in [2.45, 2.75) is 32.1 Å². The number of unbranched alkanes of at least 4 members (excludes halogenated alkanes) is 2. The molecule has 0 aromatic heterocycles. The average molecular weight is 392 g/mol. The number of thioether (sulfide) groups is 1. The molecule has 1 N–H and O–H groups in total. The van der Waals surface area contributed by atoms with E-state index in [4.69, 9.17) is 16.9 Å². The standard InChI is InChI=1S/C18H22ClN5OS/c1-26-18(22-13-20)21-11-3-2-4-12-24-17(25)10-9-16(23-24)14-5-7-15(19)8-6-14/h5-8H,2-4,9-12H2,1H3,(H,21,22). The third kappa shape index (κ3) is 6.36. The fraction of sp³-hybridized carbons (Fsp3) is 0.444. The lowest BCUT2D eigenvalue weighted by atomic mass is 10.0. The molecule has 1 aliphatic rings. The summed E-state index contributed by atoms with van der Waals surface area (Å²) in [5, 5.41) is 18.6. The van der Waals surface area contributed by atoms with Crippen LogP contribution in [-0.2, 0) is 4.79 Å². The third-order valence-electron chi connectivity index (χ3n) is 3.92. The number of amidine groups is 1. The molecule has 138 valence electrons. The Morgan fingerprint density at radius 3 is 2.81 bits per heavy atom. The first-order chi connectivity index (χ1) is 12.6. The van der Waals surface area contributed by atoms with Crippen LogP contribution in [0.15, 0.2) is 34.4 Å². The maximum Gasteiger partial charge on any atom is 0.243 e. The molecule has 0 spiro atoms. The zero-order valence-electron chi connectivity index (χ0n) is 14.7. The minimum Gasteiger partial charge on any atom is -0.273 e. The first-order valence-corrected chi connectivity index (χ1v) is 10.1. The van der Waals surface area contributed by atoms with E-state index in [1.165, 1.54) is 11.8 Å². The van der Waals surface area contributed by atoms with Crippen LogP contribution in [0.5, 0.6) is 0 Å². The number of rotatable bonds is 7. The van der Waals surface area contributed by atoms with Gasteiger partial charge in [0.2, 0.25) is 5.91 Å². The van der Waals surface area contributed by atoms with Crippen LogP contribution in [0.1, 0.15) is 37.7 Å². The minimum absolute atomic E-state index is 0.0728. The molecule has 6 nitrogen and oxygen atoms in total. The Morgan fingerprint density at radius 1 is 1.35 bits per heavy atom. The molecule has 0 bridgehead atoms. The second-order valence-electron chi connectivity index (χ2n) is 5.76. The van der Waals surface area contributed by atoms with Gasteiger partial charge in [-0.2, -0.15) is 10.4 Å². The summed E-state index contributed by atoms with van der Waals surface area (Å²) >= 11 is 7.34. The summed E-state index contributed by atoms with van der Waals surface area (Å²) in [6, 6.07) is 7.55. The van der Waals surface area contributed by atoms with Crippen molar-refractivity contribution in [2.75, 3.05) is 19.3 Å². The second-order valence-corrected chi connectivity index (χ2v) is 6.99. The zero-order valence-corrected chi connectivity index (χ0v) is 16.3. The molecule has 0 atom stereocenters. The Bertz CT molecular complexity index is 711. The Morgan fingerprint density at radius 2 is 2.12 bits per heavy atom. The monoisotopic (exact) mass is 391 g/mol. The van der Waals surface area contributed by atoms with Crippen LogP contribution in [0.3, 0.4) is 0 Å². The van der Waals surface area contributed by atoms with E-state index in [1.54, 1.807) is 5.01 Å². The topological polar surface area (TPSA) is 80.8 Å². The van der Waals surface area contributed by atoms with E-state index in [0.29, 0.717) is 36.1 Å². The van der Waals surface area contributed by atoms with Crippen molar-refractivity contribution in [1.82, 2.24) is 10.3 Å². The fourth-order valence-corrected chi connectivity index (χ4v) is 3.05. The van der Waals surface area contributed by atoms with Crippen LogP contribution in [0.4, 0.5) is 0 Å². The number of hydrogen-bond donors (Lipinski definition) is 1. The summed E-state index contributed by atoms with van der Waals surface area (Å²) in [4.78, 5) is 16.4. The highest BCUT2D eigenvalue weighted by Gasteiger charge is 2.20. The largest absolute Gasteiger partial charge is 0.273 e. The number of hydrogen-bond acceptors (Lipinski definition) is 5. The van der Waals surface area contributed by atoms with Crippen molar-refractivity contribution in [2.24, 2.45) is 10.1 Å². The average Bonchev–Trinajstić information content (AvgIpc) is 2.65. The number of hydrazone groups is 1. The minimum atomic E-state index is 0.0728. The third-order valence-corrected chi connectivity index (χ3v) is 4.79. The van der Waals surface area contributed by atoms with Gasteiger partial charge in [-0.3, -0.25) is 15.1 Å². The molecular weight excluding hydrogens is 370 g/mol. The Balaban J connectivity index is 1.80. The van der Waals surface area contributed by atoms with Gasteiger partial charge in [0.15, 0.2) is 11.4 Å². The number of aliphatic imine (C=N–C) groups is 1. The lowest BCUT2D eigenvalue weighted by Crippen LogP contribution is -2.32. The van der Waals surface area contributed by atoms with Crippen LogP contribution < -0.4 is 5.32 Å². The van der Waals surface area contributed by atoms with E-state index < -0.39 is 0 Å². The van der Waals surface area contributed by atoms with Crippen LogP contribution in [0.2, 0.25) is 5.02 Å². The van der Waals surface area contributed by atoms with E-state index in [1.807, 2.05) is 36.7 Å². The summed E-state index contributed by atoms with van der Waals surface area (Å²) in [7, 11) is 0. The summed E-state index contributed by atoms with van der Waals surface area (Å²) in [6.45, 7) is 1.28. The van der Waals surface area contributed by atoms with E-state index in [9.17, 15) is 4.79 Å². The number of carbonyl (C=O) groups is 1. The van der Waals surface area contributed by atoms with Crippen LogP contribution >= 0.6 is 23.4 Å². The lowest BCUT2D eigenvalue weighted by Gasteiger charge is -2.23. The smallest absolute Gasteiger partial charge is 0.243 e. The number of nitrogens with one attached hydrogen (secondary N) is 1. The molecule has 1 aromatic carbocycles. The number of nitriles is 1. The van der Waals surface area contributed by atoms with Gasteiger partial charge >= 0.3 is 0 Å². The SMILES string of the molecule is CSC(=NCCCCCN1N=C(c2ccc(Cl)cc2)CCC1=O)NC#N. The predicted octanol–water partition coefficient (Wildman–Crippen LogP) is 3.63. The van der Waals surface area contributed by atoms with Crippen LogP contribution in [-0.4, -0.2) is 41.1 Å². The predicted molar refractivity (Wildman–Crippen MR) is 107 cm³/mol. The number of carbonyl (C=O) groups excluding carboxylic acids is 1. The van der Waals surface area contributed by atoms with Gasteiger partial charge in [-0.05, 0) is 43.2 Å². The van der Waals surface area contributed by atoms with Crippen LogP contribution in [0, 0.1) is 11.5 Å². The van der Waals surface area contributed by atoms with Gasteiger partial charge in [0, 0.05) is 31.0 Å². The summed E-state index contributed by atoms with van der Waals surface area (Å²) in [6.07, 6.45) is 7.63. The first kappa shape index (κ1) is 20.3. The molecule has 0 aliphatic carbocycles. The van der Waals surface area contributed by atoms with Crippen molar-refractivity contribution in [1.29, 1.82) is 5.26 Å². The molecule has 0 saturated carbocycles. The quantitative estimate of drug-likeness (QED) is 0.253. The molecule has 2 rings (SSSR count). The molecule has 8 heteroatoms. The molecule has 1 aliphatic heterocycles. The Kier molecular flexibility index (Phi) is 8.45. The van der Waals surface area contributed by atoms with Gasteiger partial charge in [0.05, 0.1) is 5.71 Å². The molecule has 1 heterocycles. The van der Waals surface area contributed by atoms with Crippen molar-refractivity contribution in [3.63, 3.8) is 0 Å². The summed E-state index contributed by atoms with van der Waals surface area (Å²) in [5.41, 5.74) is 1.94. The number of halogens is 1. The molecule has 0 radical (unpaired) electrons. The first-order valence-electron chi connectivity index (χ1n) is 8.51. The van der Waals surface area contributed by atoms with E-state index in [2.05, 4.69) is 15.4 Å². The van der Waals surface area contributed by atoms with Crippen molar-refractivity contribution < 1.29 is 4.79 Å². The molecule has 0 fully saturated rings. The van der Waals surface area contributed by atoms with E-state index in [0.717, 1.165) is 30.5 Å². The number of benzene rings is 1. The Hall–Kier alpha value is -2.04. The molecule has 26 heavy (non-hydrogen) atoms. The van der Waals surface area contributed by atoms with E-state index in [-0.39, 0.29) is 5.91 Å². The number of nitrogens with zero attached hydrogens (tertiary/aromatic N) is 4. The molecule has 0 unspecified atom stereocenters. The Labute approximate surface area is 163 Å². The van der Waals surface area contributed by atoms with Gasteiger partial charge < -0.3 is 0 Å². The molecule has 1 aromatic rings. The highest BCUT2D eigenvalue weighted by atomic mass is 35.5. The van der Waals surface area contributed by atoms with Crippen LogP contribution in [0.25, 0.3) is 0 Å². The molecule has 0 saturated heterocycles. The van der Waals surface area contributed by atoms with Gasteiger partial charge in [-0.15, -0.1) is 0 Å². The highest BCUT2D eigenvalue weighted by molar-refractivity contribution is 8.13. The van der Waals surface area contributed by atoms with Gasteiger partial charge in [-0.1, -0.05) is 35.5 Å². The van der Waals surface area contributed by atoms with Crippen molar-refractivity contribution >= 4 is 40.1 Å². The fourth-order valence-electron chi connectivity index (χ4n) is 2.56. The van der Waals surface area contributed by atoms with Gasteiger partial charge in [0.25, 0.3) is 0 Å².